The molecule has 2 rings (SSSR count). The molecule has 1 aromatic rings. The van der Waals surface area contributed by atoms with Crippen LogP contribution in [0, 0.1) is 0 Å². The van der Waals surface area contributed by atoms with E-state index >= 15 is 0 Å². The van der Waals surface area contributed by atoms with Gasteiger partial charge in [0, 0.05) is 33.2 Å². The van der Waals surface area contributed by atoms with Crippen LogP contribution in [0.5, 0.6) is 0 Å². The SMILES string of the molecule is C/C=C/CC.CO.C[C@@H]1C[C@H](N(C)O)CC(O)O1.OCCc1ccccc1. The molecule has 27 heavy (non-hydrogen) atoms. The van der Waals surface area contributed by atoms with Crippen molar-refractivity contribution in [2.45, 2.75) is 64.9 Å². The average molecular weight is 386 g/mol. The van der Waals surface area contributed by atoms with E-state index in [1.807, 2.05) is 44.2 Å². The van der Waals surface area contributed by atoms with Gasteiger partial charge in [0.25, 0.3) is 0 Å². The van der Waals surface area contributed by atoms with Gasteiger partial charge in [0.05, 0.1) is 6.10 Å². The van der Waals surface area contributed by atoms with E-state index in [-0.39, 0.29) is 18.8 Å². The topological polar surface area (TPSA) is 93.4 Å². The van der Waals surface area contributed by atoms with Crippen LogP contribution in [-0.2, 0) is 11.2 Å². The third kappa shape index (κ3) is 16.6. The predicted molar refractivity (Wildman–Crippen MR) is 110 cm³/mol. The summed E-state index contributed by atoms with van der Waals surface area (Å²) in [4.78, 5) is 0. The first kappa shape index (κ1) is 27.9. The molecule has 0 saturated carbocycles. The Hall–Kier alpha value is -1.28. The normalized spacial score (nSPS) is 21.3. The highest BCUT2D eigenvalue weighted by Gasteiger charge is 2.27. The number of ether oxygens (including phenoxy) is 1. The first-order valence-electron chi connectivity index (χ1n) is 9.40. The molecule has 1 heterocycles. The molecule has 0 aromatic heterocycles. The van der Waals surface area contributed by atoms with Crippen molar-refractivity contribution in [3.05, 3.63) is 48.0 Å². The fourth-order valence-electron chi connectivity index (χ4n) is 2.41. The molecular weight excluding hydrogens is 346 g/mol. The molecule has 6 nitrogen and oxygen atoms in total. The standard InChI is InChI=1S/C8H10O.C7H15NO3.C5H10.CH4O/c9-7-6-8-4-2-1-3-5-8;1-5-3-6(8(2)10)4-7(9)11-5;1-3-5-4-2;1-2/h1-5,9H,6-7H2;5-7,9-10H,3-4H2,1-2H3;3,5H,4H2,1-2H3;2H,1H3/b;;5-3+;/t;5-,6+,7?;;/m.1../s1. The Morgan fingerprint density at radius 3 is 2.15 bits per heavy atom. The minimum absolute atomic E-state index is 0.0220. The lowest BCUT2D eigenvalue weighted by Gasteiger charge is -2.33. The highest BCUT2D eigenvalue weighted by molar-refractivity contribution is 5.14. The van der Waals surface area contributed by atoms with Gasteiger partial charge in [-0.25, -0.2) is 0 Å². The summed E-state index contributed by atoms with van der Waals surface area (Å²) in [5.74, 6) is 0. The highest BCUT2D eigenvalue weighted by atomic mass is 16.6. The minimum atomic E-state index is -0.724. The third-order valence-electron chi connectivity index (χ3n) is 3.71. The van der Waals surface area contributed by atoms with Gasteiger partial charge in [0.15, 0.2) is 6.29 Å². The Morgan fingerprint density at radius 2 is 1.78 bits per heavy atom. The van der Waals surface area contributed by atoms with E-state index in [1.54, 1.807) is 7.05 Å². The zero-order valence-corrected chi connectivity index (χ0v) is 17.5. The van der Waals surface area contributed by atoms with Gasteiger partial charge in [-0.15, -0.1) is 0 Å². The molecule has 1 saturated heterocycles. The number of aliphatic hydroxyl groups excluding tert-OH is 3. The molecule has 0 spiro atoms. The van der Waals surface area contributed by atoms with Crippen molar-refractivity contribution in [3.63, 3.8) is 0 Å². The molecule has 0 amide bonds. The fourth-order valence-corrected chi connectivity index (χ4v) is 2.41. The van der Waals surface area contributed by atoms with Gasteiger partial charge in [-0.3, -0.25) is 0 Å². The number of hydrogen-bond donors (Lipinski definition) is 4. The smallest absolute Gasteiger partial charge is 0.156 e. The highest BCUT2D eigenvalue weighted by Crippen LogP contribution is 2.20. The van der Waals surface area contributed by atoms with Crippen molar-refractivity contribution in [2.75, 3.05) is 20.8 Å². The Kier molecular flexibility index (Phi) is 20.2. The quantitative estimate of drug-likeness (QED) is 0.470. The van der Waals surface area contributed by atoms with Gasteiger partial charge in [0.1, 0.15) is 0 Å². The van der Waals surface area contributed by atoms with E-state index in [9.17, 15) is 0 Å². The molecule has 1 fully saturated rings. The molecule has 6 heteroatoms. The molecule has 1 unspecified atom stereocenters. The number of hydroxylamine groups is 2. The van der Waals surface area contributed by atoms with Crippen LogP contribution < -0.4 is 0 Å². The molecule has 4 N–H and O–H groups in total. The Bertz CT molecular complexity index is 429. The minimum Gasteiger partial charge on any atom is -0.400 e. The van der Waals surface area contributed by atoms with Crippen LogP contribution in [0.3, 0.4) is 0 Å². The zero-order valence-electron chi connectivity index (χ0n) is 17.5. The maximum atomic E-state index is 9.14. The first-order chi connectivity index (χ1) is 12.9. The Morgan fingerprint density at radius 1 is 1.19 bits per heavy atom. The zero-order chi connectivity index (χ0) is 21.1. The van der Waals surface area contributed by atoms with Crippen molar-refractivity contribution in [1.82, 2.24) is 5.06 Å². The molecule has 0 aliphatic carbocycles. The molecule has 1 aliphatic heterocycles. The summed E-state index contributed by atoms with van der Waals surface area (Å²) >= 11 is 0. The van der Waals surface area contributed by atoms with Gasteiger partial charge in [-0.2, -0.15) is 5.06 Å². The molecular formula is C21H39NO5. The summed E-state index contributed by atoms with van der Waals surface area (Å²) in [5.41, 5.74) is 1.19. The summed E-state index contributed by atoms with van der Waals surface area (Å²) in [6.45, 7) is 6.28. The first-order valence-corrected chi connectivity index (χ1v) is 9.40. The van der Waals surface area contributed by atoms with Gasteiger partial charge >= 0.3 is 0 Å². The molecule has 0 bridgehead atoms. The Balaban J connectivity index is 0. The lowest BCUT2D eigenvalue weighted by atomic mass is 10.0. The molecule has 1 aliphatic rings. The maximum absolute atomic E-state index is 9.14. The number of aliphatic hydroxyl groups is 3. The number of allylic oxidation sites excluding steroid dienone is 2. The summed E-state index contributed by atoms with van der Waals surface area (Å²) in [6.07, 6.45) is 6.66. The average Bonchev–Trinajstić information content (AvgIpc) is 2.65. The van der Waals surface area contributed by atoms with Crippen LogP contribution in [0.2, 0.25) is 0 Å². The summed E-state index contributed by atoms with van der Waals surface area (Å²) in [7, 11) is 2.59. The van der Waals surface area contributed by atoms with E-state index in [2.05, 4.69) is 19.1 Å². The second-order valence-electron chi connectivity index (χ2n) is 6.04. The van der Waals surface area contributed by atoms with E-state index in [0.29, 0.717) is 6.42 Å². The van der Waals surface area contributed by atoms with E-state index in [4.69, 9.17) is 25.3 Å². The third-order valence-corrected chi connectivity index (χ3v) is 3.71. The summed E-state index contributed by atoms with van der Waals surface area (Å²) < 4.78 is 5.08. The van der Waals surface area contributed by atoms with Gasteiger partial charge in [-0.05, 0) is 38.7 Å². The monoisotopic (exact) mass is 385 g/mol. The largest absolute Gasteiger partial charge is 0.400 e. The maximum Gasteiger partial charge on any atom is 0.156 e. The fraction of sp³-hybridized carbons (Fsp3) is 0.619. The van der Waals surface area contributed by atoms with E-state index in [0.717, 1.165) is 31.4 Å². The lowest BCUT2D eigenvalue weighted by molar-refractivity contribution is -0.210. The molecule has 0 radical (unpaired) electrons. The van der Waals surface area contributed by atoms with Gasteiger partial charge < -0.3 is 25.3 Å². The van der Waals surface area contributed by atoms with Crippen LogP contribution in [-0.4, -0.2) is 64.8 Å². The summed E-state index contributed by atoms with van der Waals surface area (Å²) in [6, 6.07) is 9.97. The van der Waals surface area contributed by atoms with Gasteiger partial charge in [-0.1, -0.05) is 49.4 Å². The second-order valence-corrected chi connectivity index (χ2v) is 6.04. The van der Waals surface area contributed by atoms with Crippen molar-refractivity contribution in [1.29, 1.82) is 0 Å². The van der Waals surface area contributed by atoms with Gasteiger partial charge in [0.2, 0.25) is 0 Å². The van der Waals surface area contributed by atoms with E-state index in [1.165, 1.54) is 5.56 Å². The number of hydrogen-bond acceptors (Lipinski definition) is 6. The van der Waals surface area contributed by atoms with E-state index < -0.39 is 6.29 Å². The lowest BCUT2D eigenvalue weighted by Crippen LogP contribution is -2.41. The van der Waals surface area contributed by atoms with Crippen molar-refractivity contribution in [2.24, 2.45) is 0 Å². The second kappa shape index (κ2) is 19.5. The molecule has 3 atom stereocenters. The number of benzene rings is 1. The van der Waals surface area contributed by atoms with Crippen LogP contribution in [0.4, 0.5) is 0 Å². The Labute approximate surface area is 164 Å². The van der Waals surface area contributed by atoms with Crippen molar-refractivity contribution < 1.29 is 25.3 Å². The van der Waals surface area contributed by atoms with Crippen molar-refractivity contribution in [3.8, 4) is 0 Å². The van der Waals surface area contributed by atoms with Crippen LogP contribution >= 0.6 is 0 Å². The number of nitrogens with zero attached hydrogens (tertiary/aromatic N) is 1. The molecule has 1 aromatic carbocycles. The predicted octanol–water partition coefficient (Wildman–Crippen LogP) is 3.00. The van der Waals surface area contributed by atoms with Crippen LogP contribution in [0.1, 0.15) is 45.6 Å². The van der Waals surface area contributed by atoms with Crippen LogP contribution in [0.25, 0.3) is 0 Å². The molecule has 158 valence electrons. The summed E-state index contributed by atoms with van der Waals surface area (Å²) in [5, 5.41) is 34.9. The van der Waals surface area contributed by atoms with Crippen LogP contribution in [0.15, 0.2) is 42.5 Å². The van der Waals surface area contributed by atoms with Crippen molar-refractivity contribution >= 4 is 0 Å². The number of rotatable bonds is 4.